The molecule has 1 N–H and O–H groups in total. The summed E-state index contributed by atoms with van der Waals surface area (Å²) in [6.45, 7) is 8.58. The molecule has 0 saturated carbocycles. The molecule has 8 nitrogen and oxygen atoms in total. The number of fused-ring (bicyclic) bond motifs is 2. The highest BCUT2D eigenvalue weighted by molar-refractivity contribution is 5.98. The summed E-state index contributed by atoms with van der Waals surface area (Å²) < 4.78 is 41.5. The van der Waals surface area contributed by atoms with Crippen LogP contribution in [-0.4, -0.2) is 76.6 Å². The summed E-state index contributed by atoms with van der Waals surface area (Å²) in [6, 6.07) is 9.48. The Morgan fingerprint density at radius 2 is 1.83 bits per heavy atom. The van der Waals surface area contributed by atoms with Crippen LogP contribution in [0.3, 0.4) is 0 Å². The van der Waals surface area contributed by atoms with Crippen molar-refractivity contribution in [2.24, 2.45) is 0 Å². The molecule has 0 unspecified atom stereocenters. The second kappa shape index (κ2) is 10.8. The maximum absolute atomic E-state index is 14.3. The normalized spacial score (nSPS) is 21.5. The van der Waals surface area contributed by atoms with E-state index < -0.39 is 17.0 Å². The number of amides is 2. The highest BCUT2D eigenvalue weighted by Crippen LogP contribution is 2.39. The number of hydrogen-bond acceptors (Lipinski definition) is 6. The number of carbonyl (C=O) groups is 2. The first kappa shape index (κ1) is 28.3. The van der Waals surface area contributed by atoms with Gasteiger partial charge in [-0.05, 0) is 48.4 Å². The number of nitrogens with zero attached hydrogens (tertiary/aromatic N) is 5. The van der Waals surface area contributed by atoms with Crippen LogP contribution >= 0.6 is 0 Å². The van der Waals surface area contributed by atoms with Crippen LogP contribution in [0.25, 0.3) is 0 Å². The number of rotatable bonds is 6. The van der Waals surface area contributed by atoms with E-state index in [9.17, 15) is 22.8 Å². The smallest absolute Gasteiger partial charge is 0.254 e. The Labute approximate surface area is 242 Å². The van der Waals surface area contributed by atoms with Gasteiger partial charge in [0.1, 0.15) is 17.5 Å². The molecule has 3 aliphatic heterocycles. The summed E-state index contributed by atoms with van der Waals surface area (Å²) in [7, 11) is 0. The largest absolute Gasteiger partial charge is 0.333 e. The van der Waals surface area contributed by atoms with E-state index in [0.717, 1.165) is 6.07 Å². The molecule has 3 aromatic rings. The average Bonchev–Trinajstić information content (AvgIpc) is 3.38. The Bertz CT molecular complexity index is 1560. The van der Waals surface area contributed by atoms with Crippen molar-refractivity contribution >= 4 is 17.5 Å². The fourth-order valence-electron chi connectivity index (χ4n) is 6.25. The van der Waals surface area contributed by atoms with Crippen molar-refractivity contribution in [3.05, 3.63) is 88.0 Å². The molecule has 3 aliphatic rings. The zero-order chi connectivity index (χ0) is 29.8. The van der Waals surface area contributed by atoms with Gasteiger partial charge in [0.15, 0.2) is 0 Å². The summed E-state index contributed by atoms with van der Waals surface area (Å²) in [5.41, 5.74) is 2.86. The lowest BCUT2D eigenvalue weighted by molar-refractivity contribution is -0.120. The van der Waals surface area contributed by atoms with Gasteiger partial charge in [0.25, 0.3) is 5.91 Å². The fraction of sp³-hybridized carbons (Fsp3) is 0.419. The van der Waals surface area contributed by atoms with Gasteiger partial charge < -0.3 is 15.1 Å². The number of hydrogen-bond donors (Lipinski definition) is 1. The van der Waals surface area contributed by atoms with E-state index in [1.165, 1.54) is 30.3 Å². The molecule has 1 saturated heterocycles. The number of piperazine rings is 1. The van der Waals surface area contributed by atoms with Gasteiger partial charge in [-0.1, -0.05) is 19.9 Å². The lowest BCUT2D eigenvalue weighted by Crippen LogP contribution is -2.60. The van der Waals surface area contributed by atoms with Crippen LogP contribution in [0.15, 0.2) is 42.5 Å². The van der Waals surface area contributed by atoms with Crippen molar-refractivity contribution < 1.29 is 22.8 Å². The Kier molecular flexibility index (Phi) is 7.26. The number of nitrogens with one attached hydrogen (secondary N) is 1. The fourth-order valence-corrected chi connectivity index (χ4v) is 6.25. The van der Waals surface area contributed by atoms with Gasteiger partial charge >= 0.3 is 0 Å². The van der Waals surface area contributed by atoms with Gasteiger partial charge in [0.05, 0.1) is 23.6 Å². The quantitative estimate of drug-likeness (QED) is 0.483. The van der Waals surface area contributed by atoms with Gasteiger partial charge in [-0.15, -0.1) is 0 Å². The molecule has 6 rings (SSSR count). The van der Waals surface area contributed by atoms with Crippen LogP contribution < -0.4 is 10.2 Å². The Morgan fingerprint density at radius 3 is 2.62 bits per heavy atom. The topological polar surface area (TPSA) is 81.7 Å². The van der Waals surface area contributed by atoms with Crippen LogP contribution in [0.5, 0.6) is 0 Å². The molecule has 0 radical (unpaired) electrons. The number of aromatic nitrogens is 2. The van der Waals surface area contributed by atoms with E-state index in [2.05, 4.69) is 27.3 Å². The van der Waals surface area contributed by atoms with Crippen LogP contribution in [0.1, 0.15) is 53.6 Å². The minimum Gasteiger partial charge on any atom is -0.333 e. The van der Waals surface area contributed by atoms with Crippen LogP contribution in [0.2, 0.25) is 0 Å². The predicted molar refractivity (Wildman–Crippen MR) is 151 cm³/mol. The molecule has 1 fully saturated rings. The lowest BCUT2D eigenvalue weighted by atomic mass is 9.91. The van der Waals surface area contributed by atoms with Gasteiger partial charge in [-0.3, -0.25) is 14.5 Å². The summed E-state index contributed by atoms with van der Waals surface area (Å²) in [6.07, 6.45) is 0.113. The zero-order valence-electron chi connectivity index (χ0n) is 23.8. The Morgan fingerprint density at radius 1 is 1.07 bits per heavy atom. The van der Waals surface area contributed by atoms with Crippen LogP contribution in [0.4, 0.5) is 18.9 Å². The minimum atomic E-state index is -0.658. The molecule has 0 aliphatic carbocycles. The molecule has 0 bridgehead atoms. The summed E-state index contributed by atoms with van der Waals surface area (Å²) in [5.74, 6) is -1.91. The molecule has 2 aromatic carbocycles. The molecule has 220 valence electrons. The second-order valence-electron chi connectivity index (χ2n) is 12.2. The van der Waals surface area contributed by atoms with Gasteiger partial charge in [-0.25, -0.2) is 13.2 Å². The molecular formula is C31H33F3N6O2. The average molecular weight is 579 g/mol. The van der Waals surface area contributed by atoms with Gasteiger partial charge in [0, 0.05) is 68.3 Å². The third kappa shape index (κ3) is 5.38. The summed E-state index contributed by atoms with van der Waals surface area (Å²) in [5, 5.41) is 12.2. The first-order chi connectivity index (χ1) is 20.0. The van der Waals surface area contributed by atoms with Crippen LogP contribution in [-0.2, 0) is 23.2 Å². The van der Waals surface area contributed by atoms with Crippen molar-refractivity contribution in [1.82, 2.24) is 25.3 Å². The number of anilines is 1. The zero-order valence-corrected chi connectivity index (χ0v) is 23.8. The Balaban J connectivity index is 1.20. The van der Waals surface area contributed by atoms with E-state index in [1.54, 1.807) is 15.9 Å². The molecule has 42 heavy (non-hydrogen) atoms. The van der Waals surface area contributed by atoms with Crippen molar-refractivity contribution in [2.45, 2.75) is 51.2 Å². The summed E-state index contributed by atoms with van der Waals surface area (Å²) >= 11 is 0. The van der Waals surface area contributed by atoms with E-state index in [1.807, 2.05) is 13.8 Å². The molecule has 4 heterocycles. The van der Waals surface area contributed by atoms with E-state index in [0.29, 0.717) is 66.5 Å². The lowest BCUT2D eigenvalue weighted by Gasteiger charge is -2.41. The SMILES string of the molecule is C[C@@H]1CN(CC(=O)N2CC(C)(C)c3nnc(Cc4ccc(F)cc4F)cc32)[C@@H](CN2Cc3cc(F)ccc3C2=O)CN1. The maximum atomic E-state index is 14.3. The van der Waals surface area contributed by atoms with Crippen molar-refractivity contribution in [2.75, 3.05) is 37.6 Å². The van der Waals surface area contributed by atoms with Crippen molar-refractivity contribution in [3.63, 3.8) is 0 Å². The summed E-state index contributed by atoms with van der Waals surface area (Å²) in [4.78, 5) is 32.5. The third-order valence-corrected chi connectivity index (χ3v) is 8.44. The third-order valence-electron chi connectivity index (χ3n) is 8.44. The first-order valence-electron chi connectivity index (χ1n) is 14.1. The molecule has 0 spiro atoms. The molecular weight excluding hydrogens is 545 g/mol. The standard InChI is InChI=1S/C31H33F3N6O2/c1-18-13-38(24(12-35-18)15-39-14-20-8-21(32)6-7-25(20)30(39)42)16-28(41)40-17-31(2,3)29-27(40)11-23(36-37-29)9-19-4-5-22(33)10-26(19)34/h4-8,10-11,18,24,35H,9,12-17H2,1-3H3/t18-,24-/m1/s1. The van der Waals surface area contributed by atoms with E-state index in [-0.39, 0.29) is 42.7 Å². The highest BCUT2D eigenvalue weighted by atomic mass is 19.1. The van der Waals surface area contributed by atoms with E-state index >= 15 is 0 Å². The van der Waals surface area contributed by atoms with Crippen LogP contribution in [0, 0.1) is 17.5 Å². The first-order valence-corrected chi connectivity index (χ1v) is 14.1. The van der Waals surface area contributed by atoms with Crippen molar-refractivity contribution in [1.29, 1.82) is 0 Å². The maximum Gasteiger partial charge on any atom is 0.254 e. The minimum absolute atomic E-state index is 0.106. The van der Waals surface area contributed by atoms with Gasteiger partial charge in [0.2, 0.25) is 5.91 Å². The Hall–Kier alpha value is -3.83. The molecule has 11 heteroatoms. The highest BCUT2D eigenvalue weighted by Gasteiger charge is 2.42. The second-order valence-corrected chi connectivity index (χ2v) is 12.2. The number of carbonyl (C=O) groups excluding carboxylic acids is 2. The van der Waals surface area contributed by atoms with Crippen molar-refractivity contribution in [3.8, 4) is 0 Å². The number of benzene rings is 2. The van der Waals surface area contributed by atoms with Gasteiger partial charge in [-0.2, -0.15) is 10.2 Å². The number of halogens is 3. The molecule has 2 atom stereocenters. The predicted octanol–water partition coefficient (Wildman–Crippen LogP) is 3.43. The monoisotopic (exact) mass is 578 g/mol. The molecule has 1 aromatic heterocycles. The molecule has 2 amide bonds. The van der Waals surface area contributed by atoms with E-state index in [4.69, 9.17) is 0 Å².